The third-order valence-corrected chi connectivity index (χ3v) is 3.16. The molecule has 0 saturated heterocycles. The Morgan fingerprint density at radius 1 is 1.37 bits per heavy atom. The second-order valence-corrected chi connectivity index (χ2v) is 4.86. The number of amides is 1. The lowest BCUT2D eigenvalue weighted by atomic mass is 10.2. The molecule has 0 aliphatic rings. The minimum absolute atomic E-state index is 0.271. The molecule has 0 aromatic heterocycles. The number of carbonyl (C=O) groups is 2. The SMILES string of the molecule is CCCN(CC(=O)O)C(=O)/C=C/c1ccccc1Br. The minimum atomic E-state index is -1.00. The van der Waals surface area contributed by atoms with Gasteiger partial charge in [-0.05, 0) is 24.1 Å². The summed E-state index contributed by atoms with van der Waals surface area (Å²) in [7, 11) is 0. The Hall–Kier alpha value is -1.62. The van der Waals surface area contributed by atoms with Gasteiger partial charge in [-0.2, -0.15) is 0 Å². The molecule has 0 atom stereocenters. The predicted octanol–water partition coefficient (Wildman–Crippen LogP) is 2.79. The van der Waals surface area contributed by atoms with E-state index in [-0.39, 0.29) is 12.5 Å². The fourth-order valence-corrected chi connectivity index (χ4v) is 1.99. The van der Waals surface area contributed by atoms with E-state index in [0.29, 0.717) is 6.54 Å². The summed E-state index contributed by atoms with van der Waals surface area (Å²) in [5.74, 6) is -1.30. The third kappa shape index (κ3) is 5.26. The second kappa shape index (κ2) is 7.74. The van der Waals surface area contributed by atoms with Gasteiger partial charge in [0, 0.05) is 17.1 Å². The number of carboxylic acids is 1. The van der Waals surface area contributed by atoms with Crippen LogP contribution in [0.2, 0.25) is 0 Å². The lowest BCUT2D eigenvalue weighted by molar-refractivity contribution is -0.142. The zero-order valence-electron chi connectivity index (χ0n) is 10.7. The maximum Gasteiger partial charge on any atom is 0.323 e. The zero-order valence-corrected chi connectivity index (χ0v) is 12.3. The monoisotopic (exact) mass is 325 g/mol. The molecule has 1 amide bonds. The van der Waals surface area contributed by atoms with Gasteiger partial charge in [0.25, 0.3) is 0 Å². The van der Waals surface area contributed by atoms with Crippen molar-refractivity contribution < 1.29 is 14.7 Å². The van der Waals surface area contributed by atoms with Crippen LogP contribution in [-0.4, -0.2) is 35.0 Å². The van der Waals surface area contributed by atoms with E-state index in [9.17, 15) is 9.59 Å². The Kier molecular flexibility index (Phi) is 6.29. The van der Waals surface area contributed by atoms with Crippen LogP contribution in [0.5, 0.6) is 0 Å². The number of aliphatic carboxylic acids is 1. The third-order valence-electron chi connectivity index (χ3n) is 2.44. The van der Waals surface area contributed by atoms with E-state index in [4.69, 9.17) is 5.11 Å². The summed E-state index contributed by atoms with van der Waals surface area (Å²) in [6, 6.07) is 7.51. The fraction of sp³-hybridized carbons (Fsp3) is 0.286. The lowest BCUT2D eigenvalue weighted by Crippen LogP contribution is -2.35. The first-order valence-corrected chi connectivity index (χ1v) is 6.77. The van der Waals surface area contributed by atoms with Crippen LogP contribution >= 0.6 is 15.9 Å². The number of benzene rings is 1. The van der Waals surface area contributed by atoms with E-state index in [1.54, 1.807) is 6.08 Å². The van der Waals surface area contributed by atoms with E-state index in [0.717, 1.165) is 16.5 Å². The summed E-state index contributed by atoms with van der Waals surface area (Å²) in [6.45, 7) is 2.07. The zero-order chi connectivity index (χ0) is 14.3. The molecule has 102 valence electrons. The highest BCUT2D eigenvalue weighted by atomic mass is 79.9. The molecular formula is C14H16BrNO3. The summed E-state index contributed by atoms with van der Waals surface area (Å²) >= 11 is 3.38. The molecule has 4 nitrogen and oxygen atoms in total. The number of rotatable bonds is 6. The first kappa shape index (κ1) is 15.4. The number of hydrogen-bond acceptors (Lipinski definition) is 2. The predicted molar refractivity (Wildman–Crippen MR) is 77.7 cm³/mol. The Bertz CT molecular complexity index is 485. The molecule has 1 aromatic carbocycles. The summed E-state index contributed by atoms with van der Waals surface area (Å²) in [4.78, 5) is 23.9. The second-order valence-electron chi connectivity index (χ2n) is 4.01. The summed E-state index contributed by atoms with van der Waals surface area (Å²) in [6.07, 6.45) is 3.80. The Morgan fingerprint density at radius 3 is 2.63 bits per heavy atom. The van der Waals surface area contributed by atoms with Gasteiger partial charge in [0.1, 0.15) is 6.54 Å². The van der Waals surface area contributed by atoms with Crippen molar-refractivity contribution in [2.75, 3.05) is 13.1 Å². The van der Waals surface area contributed by atoms with E-state index in [1.165, 1.54) is 11.0 Å². The normalized spacial score (nSPS) is 10.6. The van der Waals surface area contributed by atoms with Gasteiger partial charge in [-0.25, -0.2) is 0 Å². The van der Waals surface area contributed by atoms with E-state index < -0.39 is 5.97 Å². The highest BCUT2D eigenvalue weighted by molar-refractivity contribution is 9.10. The maximum absolute atomic E-state index is 11.9. The molecule has 0 unspecified atom stereocenters. The van der Waals surface area contributed by atoms with Crippen LogP contribution in [0.1, 0.15) is 18.9 Å². The van der Waals surface area contributed by atoms with Crippen LogP contribution in [0.4, 0.5) is 0 Å². The van der Waals surface area contributed by atoms with Gasteiger partial charge < -0.3 is 10.0 Å². The Labute approximate surface area is 120 Å². The quantitative estimate of drug-likeness (QED) is 0.818. The Balaban J connectivity index is 2.76. The number of nitrogens with zero attached hydrogens (tertiary/aromatic N) is 1. The topological polar surface area (TPSA) is 57.6 Å². The van der Waals surface area contributed by atoms with Gasteiger partial charge in [0.05, 0.1) is 0 Å². The molecule has 0 bridgehead atoms. The maximum atomic E-state index is 11.9. The molecule has 5 heteroatoms. The van der Waals surface area contributed by atoms with Crippen molar-refractivity contribution in [3.05, 3.63) is 40.4 Å². The average molecular weight is 326 g/mol. The molecule has 0 heterocycles. The summed E-state index contributed by atoms with van der Waals surface area (Å²) in [5, 5.41) is 8.76. The largest absolute Gasteiger partial charge is 0.480 e. The molecule has 0 aliphatic carbocycles. The van der Waals surface area contributed by atoms with Gasteiger partial charge in [-0.1, -0.05) is 41.1 Å². The molecule has 0 radical (unpaired) electrons. The number of carboxylic acid groups (broad SMARTS) is 1. The minimum Gasteiger partial charge on any atom is -0.480 e. The molecule has 0 fully saturated rings. The first-order valence-electron chi connectivity index (χ1n) is 5.98. The van der Waals surface area contributed by atoms with Crippen molar-refractivity contribution in [2.24, 2.45) is 0 Å². The smallest absolute Gasteiger partial charge is 0.323 e. The van der Waals surface area contributed by atoms with Crippen LogP contribution in [0.15, 0.2) is 34.8 Å². The number of hydrogen-bond donors (Lipinski definition) is 1. The van der Waals surface area contributed by atoms with Gasteiger partial charge in [-0.15, -0.1) is 0 Å². The van der Waals surface area contributed by atoms with Crippen LogP contribution in [0.25, 0.3) is 6.08 Å². The van der Waals surface area contributed by atoms with Crippen molar-refractivity contribution in [1.29, 1.82) is 0 Å². The van der Waals surface area contributed by atoms with Gasteiger partial charge >= 0.3 is 5.97 Å². The average Bonchev–Trinajstić information content (AvgIpc) is 2.36. The number of carbonyl (C=O) groups excluding carboxylic acids is 1. The van der Waals surface area contributed by atoms with E-state index >= 15 is 0 Å². The molecule has 19 heavy (non-hydrogen) atoms. The van der Waals surface area contributed by atoms with Crippen molar-refractivity contribution in [3.63, 3.8) is 0 Å². The van der Waals surface area contributed by atoms with Crippen LogP contribution in [0, 0.1) is 0 Å². The van der Waals surface area contributed by atoms with Gasteiger partial charge in [0.2, 0.25) is 5.91 Å². The standard InChI is InChI=1S/C14H16BrNO3/c1-2-9-16(10-14(18)19)13(17)8-7-11-5-3-4-6-12(11)15/h3-8H,2,9-10H2,1H3,(H,18,19)/b8-7+. The Morgan fingerprint density at radius 2 is 2.05 bits per heavy atom. The highest BCUT2D eigenvalue weighted by Crippen LogP contribution is 2.17. The first-order chi connectivity index (χ1) is 9.04. The van der Waals surface area contributed by atoms with Crippen LogP contribution < -0.4 is 0 Å². The van der Waals surface area contributed by atoms with Crippen molar-refractivity contribution in [3.8, 4) is 0 Å². The van der Waals surface area contributed by atoms with Crippen LogP contribution in [0.3, 0.4) is 0 Å². The highest BCUT2D eigenvalue weighted by Gasteiger charge is 2.13. The molecule has 1 rings (SSSR count). The van der Waals surface area contributed by atoms with Crippen molar-refractivity contribution in [1.82, 2.24) is 4.90 Å². The van der Waals surface area contributed by atoms with Crippen LogP contribution in [-0.2, 0) is 9.59 Å². The van der Waals surface area contributed by atoms with E-state index in [1.807, 2.05) is 31.2 Å². The molecule has 0 aliphatic heterocycles. The molecule has 0 saturated carbocycles. The van der Waals surface area contributed by atoms with Gasteiger partial charge in [-0.3, -0.25) is 9.59 Å². The molecule has 0 spiro atoms. The molecule has 1 N–H and O–H groups in total. The summed E-state index contributed by atoms with van der Waals surface area (Å²) in [5.41, 5.74) is 0.877. The van der Waals surface area contributed by atoms with E-state index in [2.05, 4.69) is 15.9 Å². The molecular weight excluding hydrogens is 310 g/mol. The molecule has 1 aromatic rings. The fourth-order valence-electron chi connectivity index (χ4n) is 1.58. The van der Waals surface area contributed by atoms with Gasteiger partial charge in [0.15, 0.2) is 0 Å². The summed E-state index contributed by atoms with van der Waals surface area (Å²) < 4.78 is 0.888. The van der Waals surface area contributed by atoms with Crippen molar-refractivity contribution >= 4 is 33.9 Å². The number of halogens is 1. The lowest BCUT2D eigenvalue weighted by Gasteiger charge is -2.17. The van der Waals surface area contributed by atoms with Crippen molar-refractivity contribution in [2.45, 2.75) is 13.3 Å².